The number of nitrogens with one attached hydrogen (secondary N) is 1. The van der Waals surface area contributed by atoms with Crippen LogP contribution in [0.3, 0.4) is 0 Å². The number of benzene rings is 1. The molecule has 1 aromatic rings. The van der Waals surface area contributed by atoms with E-state index in [-0.39, 0.29) is 5.91 Å². The van der Waals surface area contributed by atoms with Crippen LogP contribution in [0.5, 0.6) is 0 Å². The smallest absolute Gasteiger partial charge is 0.224 e. The van der Waals surface area contributed by atoms with Crippen LogP contribution in [-0.4, -0.2) is 43.5 Å². The van der Waals surface area contributed by atoms with Crippen molar-refractivity contribution >= 4 is 17.3 Å². The Bertz CT molecular complexity index is 409. The van der Waals surface area contributed by atoms with Crippen LogP contribution >= 0.6 is 0 Å². The number of hydrogen-bond acceptors (Lipinski definition) is 3. The summed E-state index contributed by atoms with van der Waals surface area (Å²) in [6, 6.07) is 8.41. The molecule has 0 aliphatic carbocycles. The molecular weight excluding hydrogens is 262 g/mol. The minimum atomic E-state index is 0.215. The Kier molecular flexibility index (Phi) is 7.65. The zero-order valence-electron chi connectivity index (χ0n) is 13.9. The highest BCUT2D eigenvalue weighted by atomic mass is 16.2. The van der Waals surface area contributed by atoms with Crippen LogP contribution in [0.4, 0.5) is 11.4 Å². The van der Waals surface area contributed by atoms with Crippen LogP contribution in [0.25, 0.3) is 0 Å². The summed E-state index contributed by atoms with van der Waals surface area (Å²) in [6.07, 6.45) is 0.541. The van der Waals surface area contributed by atoms with Gasteiger partial charge in [-0.1, -0.05) is 0 Å². The maximum Gasteiger partial charge on any atom is 0.224 e. The van der Waals surface area contributed by atoms with Crippen molar-refractivity contribution in [3.8, 4) is 0 Å². The second-order valence-corrected chi connectivity index (χ2v) is 4.96. The van der Waals surface area contributed by atoms with Gasteiger partial charge in [0.25, 0.3) is 0 Å². The van der Waals surface area contributed by atoms with E-state index < -0.39 is 0 Å². The van der Waals surface area contributed by atoms with Crippen LogP contribution in [0.1, 0.15) is 34.1 Å². The molecule has 118 valence electrons. The first-order valence-electron chi connectivity index (χ1n) is 8.02. The van der Waals surface area contributed by atoms with E-state index in [2.05, 4.69) is 48.3 Å². The second-order valence-electron chi connectivity index (χ2n) is 4.96. The molecule has 0 spiro atoms. The maximum atomic E-state index is 11.9. The molecule has 1 N–H and O–H groups in total. The Morgan fingerprint density at radius 3 is 2.00 bits per heavy atom. The monoisotopic (exact) mass is 291 g/mol. The first-order valence-corrected chi connectivity index (χ1v) is 8.02. The predicted molar refractivity (Wildman–Crippen MR) is 91.0 cm³/mol. The summed E-state index contributed by atoms with van der Waals surface area (Å²) in [6.45, 7) is 12.6. The van der Waals surface area contributed by atoms with E-state index in [9.17, 15) is 4.79 Å². The lowest BCUT2D eigenvalue weighted by molar-refractivity contribution is -0.130. The number of anilines is 2. The molecule has 1 rings (SSSR count). The molecule has 1 aromatic carbocycles. The Morgan fingerprint density at radius 1 is 0.952 bits per heavy atom. The van der Waals surface area contributed by atoms with E-state index >= 15 is 0 Å². The largest absolute Gasteiger partial charge is 0.385 e. The fraction of sp³-hybridized carbons (Fsp3) is 0.588. The fourth-order valence-electron chi connectivity index (χ4n) is 2.43. The van der Waals surface area contributed by atoms with E-state index in [0.717, 1.165) is 31.9 Å². The van der Waals surface area contributed by atoms with Crippen molar-refractivity contribution in [3.05, 3.63) is 24.3 Å². The first-order chi connectivity index (χ1) is 10.2. The molecule has 21 heavy (non-hydrogen) atoms. The molecule has 0 bridgehead atoms. The molecular formula is C17H29N3O. The van der Waals surface area contributed by atoms with E-state index in [4.69, 9.17) is 0 Å². The fourth-order valence-corrected chi connectivity index (χ4v) is 2.43. The number of amides is 1. The second kappa shape index (κ2) is 9.27. The Balaban J connectivity index is 2.44. The van der Waals surface area contributed by atoms with Crippen molar-refractivity contribution in [1.29, 1.82) is 0 Å². The summed E-state index contributed by atoms with van der Waals surface area (Å²) in [5, 5.41) is 3.31. The molecule has 4 heteroatoms. The summed E-state index contributed by atoms with van der Waals surface area (Å²) >= 11 is 0. The lowest BCUT2D eigenvalue weighted by Crippen LogP contribution is -2.31. The van der Waals surface area contributed by atoms with Crippen LogP contribution in [0.15, 0.2) is 24.3 Å². The maximum absolute atomic E-state index is 11.9. The van der Waals surface area contributed by atoms with Gasteiger partial charge in [0.1, 0.15) is 0 Å². The van der Waals surface area contributed by atoms with Gasteiger partial charge in [-0.3, -0.25) is 4.79 Å². The highest BCUT2D eigenvalue weighted by molar-refractivity contribution is 5.76. The Labute approximate surface area is 129 Å². The molecule has 0 unspecified atom stereocenters. The van der Waals surface area contributed by atoms with E-state index in [1.165, 1.54) is 5.69 Å². The normalized spacial score (nSPS) is 10.3. The van der Waals surface area contributed by atoms with Crippen molar-refractivity contribution in [1.82, 2.24) is 4.90 Å². The molecule has 0 fully saturated rings. The van der Waals surface area contributed by atoms with Crippen LogP contribution in [-0.2, 0) is 4.79 Å². The topological polar surface area (TPSA) is 35.6 Å². The highest BCUT2D eigenvalue weighted by Gasteiger charge is 2.08. The molecule has 0 aromatic heterocycles. The van der Waals surface area contributed by atoms with Gasteiger partial charge in [-0.2, -0.15) is 0 Å². The van der Waals surface area contributed by atoms with Gasteiger partial charge in [0, 0.05) is 50.5 Å². The van der Waals surface area contributed by atoms with Gasteiger partial charge in [0.05, 0.1) is 0 Å². The molecule has 0 atom stereocenters. The molecule has 0 radical (unpaired) electrons. The quantitative estimate of drug-likeness (QED) is 0.759. The summed E-state index contributed by atoms with van der Waals surface area (Å²) < 4.78 is 0. The third kappa shape index (κ3) is 5.29. The minimum absolute atomic E-state index is 0.215. The number of nitrogens with zero attached hydrogens (tertiary/aromatic N) is 2. The van der Waals surface area contributed by atoms with E-state index in [1.807, 2.05) is 18.7 Å². The van der Waals surface area contributed by atoms with Gasteiger partial charge in [0.2, 0.25) is 5.91 Å². The molecule has 0 aliphatic rings. The van der Waals surface area contributed by atoms with Crippen LogP contribution in [0, 0.1) is 0 Å². The third-order valence-electron chi connectivity index (χ3n) is 3.78. The predicted octanol–water partition coefficient (Wildman–Crippen LogP) is 3.20. The number of rotatable bonds is 9. The molecule has 0 aliphatic heterocycles. The van der Waals surface area contributed by atoms with Crippen molar-refractivity contribution in [2.24, 2.45) is 0 Å². The van der Waals surface area contributed by atoms with Gasteiger partial charge in [-0.15, -0.1) is 0 Å². The highest BCUT2D eigenvalue weighted by Crippen LogP contribution is 2.17. The third-order valence-corrected chi connectivity index (χ3v) is 3.78. The van der Waals surface area contributed by atoms with Gasteiger partial charge >= 0.3 is 0 Å². The van der Waals surface area contributed by atoms with Gasteiger partial charge < -0.3 is 15.1 Å². The van der Waals surface area contributed by atoms with E-state index in [0.29, 0.717) is 13.0 Å². The molecule has 0 heterocycles. The standard InChI is InChI=1S/C17H29N3O/c1-5-19(6-2)16-11-9-15(10-12-16)18-14-13-17(21)20(7-3)8-4/h9-12,18H,5-8,13-14H2,1-4H3. The van der Waals surface area contributed by atoms with Gasteiger partial charge in [-0.25, -0.2) is 0 Å². The number of hydrogen-bond donors (Lipinski definition) is 1. The summed E-state index contributed by atoms with van der Waals surface area (Å²) in [4.78, 5) is 16.1. The Morgan fingerprint density at radius 2 is 1.52 bits per heavy atom. The van der Waals surface area contributed by atoms with Crippen molar-refractivity contribution in [2.45, 2.75) is 34.1 Å². The number of carbonyl (C=O) groups is 1. The van der Waals surface area contributed by atoms with Crippen molar-refractivity contribution in [3.63, 3.8) is 0 Å². The van der Waals surface area contributed by atoms with Crippen molar-refractivity contribution in [2.75, 3.05) is 42.9 Å². The van der Waals surface area contributed by atoms with Crippen LogP contribution in [0.2, 0.25) is 0 Å². The zero-order valence-corrected chi connectivity index (χ0v) is 13.9. The summed E-state index contributed by atoms with van der Waals surface area (Å²) in [5.41, 5.74) is 2.31. The summed E-state index contributed by atoms with van der Waals surface area (Å²) in [5.74, 6) is 0.215. The summed E-state index contributed by atoms with van der Waals surface area (Å²) in [7, 11) is 0. The molecule has 1 amide bonds. The average Bonchev–Trinajstić information content (AvgIpc) is 2.51. The first kappa shape index (κ1) is 17.3. The Hall–Kier alpha value is -1.71. The SMILES string of the molecule is CCN(CC)C(=O)CCNc1ccc(N(CC)CC)cc1. The van der Waals surface area contributed by atoms with Crippen molar-refractivity contribution < 1.29 is 4.79 Å². The van der Waals surface area contributed by atoms with Gasteiger partial charge in [-0.05, 0) is 52.0 Å². The average molecular weight is 291 g/mol. The van der Waals surface area contributed by atoms with Crippen LogP contribution < -0.4 is 10.2 Å². The van der Waals surface area contributed by atoms with Gasteiger partial charge in [0.15, 0.2) is 0 Å². The number of carbonyl (C=O) groups excluding carboxylic acids is 1. The lowest BCUT2D eigenvalue weighted by atomic mass is 10.2. The minimum Gasteiger partial charge on any atom is -0.385 e. The van der Waals surface area contributed by atoms with E-state index in [1.54, 1.807) is 0 Å². The zero-order chi connectivity index (χ0) is 15.7. The lowest BCUT2D eigenvalue weighted by Gasteiger charge is -2.21. The molecule has 0 saturated heterocycles. The molecule has 4 nitrogen and oxygen atoms in total. The molecule has 0 saturated carbocycles.